The van der Waals surface area contributed by atoms with Gasteiger partial charge in [0.15, 0.2) is 0 Å². The predicted molar refractivity (Wildman–Crippen MR) is 63.9 cm³/mol. The quantitative estimate of drug-likeness (QED) is 0.777. The van der Waals surface area contributed by atoms with Gasteiger partial charge in [0.2, 0.25) is 0 Å². The lowest BCUT2D eigenvalue weighted by Crippen LogP contribution is -2.23. The van der Waals surface area contributed by atoms with Crippen LogP contribution in [-0.4, -0.2) is 17.8 Å². The Bertz CT molecular complexity index is 296. The SMILES string of the molecule is Cc1ccccc1C(C)NCCC(C)O. The van der Waals surface area contributed by atoms with E-state index in [0.29, 0.717) is 6.04 Å². The number of benzene rings is 1. The van der Waals surface area contributed by atoms with Crippen molar-refractivity contribution >= 4 is 0 Å². The molecule has 0 aliphatic carbocycles. The molecule has 0 heterocycles. The zero-order valence-corrected chi connectivity index (χ0v) is 9.83. The van der Waals surface area contributed by atoms with Gasteiger partial charge in [-0.1, -0.05) is 24.3 Å². The lowest BCUT2D eigenvalue weighted by molar-refractivity contribution is 0.182. The van der Waals surface area contributed by atoms with E-state index < -0.39 is 0 Å². The van der Waals surface area contributed by atoms with Crippen LogP contribution >= 0.6 is 0 Å². The fourth-order valence-corrected chi connectivity index (χ4v) is 1.69. The fourth-order valence-electron chi connectivity index (χ4n) is 1.69. The van der Waals surface area contributed by atoms with Gasteiger partial charge >= 0.3 is 0 Å². The first-order valence-corrected chi connectivity index (χ1v) is 5.58. The second-order valence-corrected chi connectivity index (χ2v) is 4.17. The van der Waals surface area contributed by atoms with Crippen molar-refractivity contribution in [2.45, 2.75) is 39.3 Å². The second-order valence-electron chi connectivity index (χ2n) is 4.17. The monoisotopic (exact) mass is 207 g/mol. The minimum atomic E-state index is -0.221. The topological polar surface area (TPSA) is 32.3 Å². The number of aliphatic hydroxyl groups is 1. The van der Waals surface area contributed by atoms with E-state index >= 15 is 0 Å². The van der Waals surface area contributed by atoms with Crippen LogP contribution in [0.25, 0.3) is 0 Å². The summed E-state index contributed by atoms with van der Waals surface area (Å²) in [6.07, 6.45) is 0.581. The summed E-state index contributed by atoms with van der Waals surface area (Å²) in [6.45, 7) is 6.96. The molecule has 0 spiro atoms. The van der Waals surface area contributed by atoms with Gasteiger partial charge in [0.25, 0.3) is 0 Å². The Labute approximate surface area is 92.3 Å². The maximum absolute atomic E-state index is 9.15. The Hall–Kier alpha value is -0.860. The molecule has 1 aromatic carbocycles. The van der Waals surface area contributed by atoms with Gasteiger partial charge in [-0.15, -0.1) is 0 Å². The molecule has 0 radical (unpaired) electrons. The van der Waals surface area contributed by atoms with E-state index in [-0.39, 0.29) is 6.10 Å². The summed E-state index contributed by atoms with van der Waals surface area (Å²) >= 11 is 0. The molecule has 2 heteroatoms. The molecule has 1 aromatic rings. The summed E-state index contributed by atoms with van der Waals surface area (Å²) in [6, 6.07) is 8.75. The van der Waals surface area contributed by atoms with Crippen LogP contribution in [0.4, 0.5) is 0 Å². The highest BCUT2D eigenvalue weighted by molar-refractivity contribution is 5.28. The Balaban J connectivity index is 2.47. The van der Waals surface area contributed by atoms with Crippen LogP contribution in [0.2, 0.25) is 0 Å². The summed E-state index contributed by atoms with van der Waals surface area (Å²) < 4.78 is 0. The highest BCUT2D eigenvalue weighted by atomic mass is 16.3. The van der Waals surface area contributed by atoms with Crippen molar-refractivity contribution in [3.8, 4) is 0 Å². The Kier molecular flexibility index (Phi) is 4.79. The van der Waals surface area contributed by atoms with Crippen molar-refractivity contribution in [1.29, 1.82) is 0 Å². The van der Waals surface area contributed by atoms with Gasteiger partial charge in [-0.3, -0.25) is 0 Å². The summed E-state index contributed by atoms with van der Waals surface area (Å²) in [5.74, 6) is 0. The molecule has 2 N–H and O–H groups in total. The van der Waals surface area contributed by atoms with Crippen molar-refractivity contribution in [3.63, 3.8) is 0 Å². The number of aliphatic hydroxyl groups excluding tert-OH is 1. The van der Waals surface area contributed by atoms with Gasteiger partial charge in [0.05, 0.1) is 6.10 Å². The highest BCUT2D eigenvalue weighted by Gasteiger charge is 2.06. The first-order chi connectivity index (χ1) is 7.11. The number of hydrogen-bond acceptors (Lipinski definition) is 2. The smallest absolute Gasteiger partial charge is 0.0524 e. The van der Waals surface area contributed by atoms with E-state index in [1.54, 1.807) is 0 Å². The average molecular weight is 207 g/mol. The lowest BCUT2D eigenvalue weighted by Gasteiger charge is -2.16. The Morgan fingerprint density at radius 2 is 1.93 bits per heavy atom. The minimum Gasteiger partial charge on any atom is -0.393 e. The molecule has 15 heavy (non-hydrogen) atoms. The zero-order chi connectivity index (χ0) is 11.3. The molecule has 84 valence electrons. The Morgan fingerprint density at radius 3 is 2.53 bits per heavy atom. The lowest BCUT2D eigenvalue weighted by atomic mass is 10.0. The van der Waals surface area contributed by atoms with E-state index in [1.165, 1.54) is 11.1 Å². The molecule has 0 bridgehead atoms. The van der Waals surface area contributed by atoms with Gasteiger partial charge in [0, 0.05) is 6.04 Å². The molecule has 0 aromatic heterocycles. The molecule has 2 atom stereocenters. The first-order valence-electron chi connectivity index (χ1n) is 5.58. The van der Waals surface area contributed by atoms with E-state index in [4.69, 9.17) is 5.11 Å². The number of nitrogens with one attached hydrogen (secondary N) is 1. The molecule has 2 nitrogen and oxygen atoms in total. The number of hydrogen-bond donors (Lipinski definition) is 2. The predicted octanol–water partition coefficient (Wildman–Crippen LogP) is 2.42. The third-order valence-corrected chi connectivity index (χ3v) is 2.67. The van der Waals surface area contributed by atoms with Crippen LogP contribution in [0.5, 0.6) is 0 Å². The third-order valence-electron chi connectivity index (χ3n) is 2.67. The van der Waals surface area contributed by atoms with Crippen molar-refractivity contribution < 1.29 is 5.11 Å². The van der Waals surface area contributed by atoms with Gasteiger partial charge in [0.1, 0.15) is 0 Å². The molecule has 0 saturated carbocycles. The molecular formula is C13H21NO. The molecule has 2 unspecified atom stereocenters. The molecular weight excluding hydrogens is 186 g/mol. The van der Waals surface area contributed by atoms with E-state index in [0.717, 1.165) is 13.0 Å². The van der Waals surface area contributed by atoms with Crippen LogP contribution in [0.3, 0.4) is 0 Å². The van der Waals surface area contributed by atoms with Crippen molar-refractivity contribution in [3.05, 3.63) is 35.4 Å². The number of rotatable bonds is 5. The van der Waals surface area contributed by atoms with Crippen molar-refractivity contribution in [2.75, 3.05) is 6.54 Å². The van der Waals surface area contributed by atoms with Gasteiger partial charge < -0.3 is 10.4 Å². The van der Waals surface area contributed by atoms with E-state index in [2.05, 4.69) is 43.4 Å². The van der Waals surface area contributed by atoms with Crippen molar-refractivity contribution in [2.24, 2.45) is 0 Å². The largest absolute Gasteiger partial charge is 0.393 e. The number of aryl methyl sites for hydroxylation is 1. The molecule has 1 rings (SSSR count). The van der Waals surface area contributed by atoms with Gasteiger partial charge in [-0.2, -0.15) is 0 Å². The zero-order valence-electron chi connectivity index (χ0n) is 9.83. The molecule has 0 fully saturated rings. The summed E-state index contributed by atoms with van der Waals surface area (Å²) in [4.78, 5) is 0. The van der Waals surface area contributed by atoms with Gasteiger partial charge in [-0.25, -0.2) is 0 Å². The third kappa shape index (κ3) is 4.02. The molecule has 0 saturated heterocycles. The fraction of sp³-hybridized carbons (Fsp3) is 0.538. The highest BCUT2D eigenvalue weighted by Crippen LogP contribution is 2.16. The maximum Gasteiger partial charge on any atom is 0.0524 e. The minimum absolute atomic E-state index is 0.221. The summed E-state index contributed by atoms with van der Waals surface area (Å²) in [5, 5.41) is 12.6. The van der Waals surface area contributed by atoms with Crippen LogP contribution in [-0.2, 0) is 0 Å². The van der Waals surface area contributed by atoms with Crippen LogP contribution in [0.15, 0.2) is 24.3 Å². The van der Waals surface area contributed by atoms with E-state index in [9.17, 15) is 0 Å². The van der Waals surface area contributed by atoms with Crippen LogP contribution < -0.4 is 5.32 Å². The summed E-state index contributed by atoms with van der Waals surface area (Å²) in [5.41, 5.74) is 2.65. The molecule has 0 aliphatic heterocycles. The van der Waals surface area contributed by atoms with Crippen LogP contribution in [0, 0.1) is 6.92 Å². The molecule has 0 aliphatic rings. The van der Waals surface area contributed by atoms with Crippen molar-refractivity contribution in [1.82, 2.24) is 5.32 Å². The second kappa shape index (κ2) is 5.89. The van der Waals surface area contributed by atoms with Gasteiger partial charge in [-0.05, 0) is 44.9 Å². The standard InChI is InChI=1S/C13H21NO/c1-10-6-4-5-7-13(10)12(3)14-9-8-11(2)15/h4-7,11-12,14-15H,8-9H2,1-3H3. The van der Waals surface area contributed by atoms with Crippen LogP contribution in [0.1, 0.15) is 37.4 Å². The average Bonchev–Trinajstić information content (AvgIpc) is 2.17. The maximum atomic E-state index is 9.15. The Morgan fingerprint density at radius 1 is 1.27 bits per heavy atom. The summed E-state index contributed by atoms with van der Waals surface area (Å²) in [7, 11) is 0. The normalized spacial score (nSPS) is 14.9. The first kappa shape index (κ1) is 12.2. The molecule has 0 amide bonds. The van der Waals surface area contributed by atoms with E-state index in [1.807, 2.05) is 6.92 Å².